The van der Waals surface area contributed by atoms with Crippen molar-refractivity contribution in [2.24, 2.45) is 0 Å². The summed E-state index contributed by atoms with van der Waals surface area (Å²) >= 11 is 3.32. The quantitative estimate of drug-likeness (QED) is 0.920. The van der Waals surface area contributed by atoms with Gasteiger partial charge in [-0.2, -0.15) is 4.98 Å². The summed E-state index contributed by atoms with van der Waals surface area (Å²) in [6, 6.07) is 1.74. The molecule has 7 heteroatoms. The number of nitrogens with one attached hydrogen (secondary N) is 1. The highest BCUT2D eigenvalue weighted by molar-refractivity contribution is 9.10. The van der Waals surface area contributed by atoms with Crippen molar-refractivity contribution >= 4 is 21.8 Å². The lowest BCUT2D eigenvalue weighted by Gasteiger charge is -2.26. The Hall–Kier alpha value is -1.76. The lowest BCUT2D eigenvalue weighted by molar-refractivity contribution is 0.0891. The molecule has 0 spiro atoms. The number of pyridine rings is 1. The third-order valence-corrected chi connectivity index (χ3v) is 4.17. The van der Waals surface area contributed by atoms with E-state index in [2.05, 4.69) is 36.4 Å². The zero-order valence-electron chi connectivity index (χ0n) is 11.6. The minimum Gasteiger partial charge on any atom is -0.340 e. The van der Waals surface area contributed by atoms with E-state index in [1.165, 1.54) is 0 Å². The molecule has 1 amide bonds. The van der Waals surface area contributed by atoms with Gasteiger partial charge in [0.2, 0.25) is 5.89 Å². The van der Waals surface area contributed by atoms with Crippen molar-refractivity contribution in [1.29, 1.82) is 0 Å². The topological polar surface area (TPSA) is 80.9 Å². The fourth-order valence-corrected chi connectivity index (χ4v) is 3.07. The van der Waals surface area contributed by atoms with Crippen LogP contribution in [0.5, 0.6) is 0 Å². The van der Waals surface area contributed by atoms with Crippen LogP contribution in [-0.2, 0) is 5.54 Å². The molecule has 1 aliphatic carbocycles. The van der Waals surface area contributed by atoms with Gasteiger partial charge in [-0.1, -0.05) is 18.0 Å². The number of nitrogens with zero attached hydrogens (tertiary/aromatic N) is 3. The molecule has 1 saturated carbocycles. The summed E-state index contributed by atoms with van der Waals surface area (Å²) in [6.45, 7) is 1.75. The maximum atomic E-state index is 12.5. The number of amides is 1. The van der Waals surface area contributed by atoms with Gasteiger partial charge in [-0.05, 0) is 34.8 Å². The van der Waals surface area contributed by atoms with Crippen LogP contribution in [0.3, 0.4) is 0 Å². The second kappa shape index (κ2) is 5.55. The SMILES string of the molecule is Cc1nc(C2(NC(=O)c3cncc(Br)c3)CCCC2)no1. The highest BCUT2D eigenvalue weighted by Crippen LogP contribution is 2.37. The molecule has 0 aromatic carbocycles. The monoisotopic (exact) mass is 350 g/mol. The number of aromatic nitrogens is 3. The number of carbonyl (C=O) groups is 1. The van der Waals surface area contributed by atoms with Crippen LogP contribution in [0.4, 0.5) is 0 Å². The second-order valence-corrected chi connectivity index (χ2v) is 6.19. The summed E-state index contributed by atoms with van der Waals surface area (Å²) in [5, 5.41) is 7.09. The van der Waals surface area contributed by atoms with Gasteiger partial charge in [-0.15, -0.1) is 0 Å². The average Bonchev–Trinajstić information content (AvgIpc) is 3.09. The van der Waals surface area contributed by atoms with Gasteiger partial charge >= 0.3 is 0 Å². The number of hydrogen-bond donors (Lipinski definition) is 1. The van der Waals surface area contributed by atoms with Crippen molar-refractivity contribution < 1.29 is 9.32 Å². The van der Waals surface area contributed by atoms with Crippen LogP contribution in [0.15, 0.2) is 27.5 Å². The molecule has 0 atom stereocenters. The molecule has 21 heavy (non-hydrogen) atoms. The van der Waals surface area contributed by atoms with E-state index >= 15 is 0 Å². The van der Waals surface area contributed by atoms with Crippen molar-refractivity contribution in [3.8, 4) is 0 Å². The van der Waals surface area contributed by atoms with Crippen LogP contribution < -0.4 is 5.32 Å². The van der Waals surface area contributed by atoms with Crippen LogP contribution in [0, 0.1) is 6.92 Å². The first-order valence-corrected chi connectivity index (χ1v) is 7.62. The lowest BCUT2D eigenvalue weighted by Crippen LogP contribution is -2.44. The van der Waals surface area contributed by atoms with Gasteiger partial charge in [-0.25, -0.2) is 0 Å². The molecule has 0 saturated heterocycles. The number of hydrogen-bond acceptors (Lipinski definition) is 5. The van der Waals surface area contributed by atoms with Crippen LogP contribution in [0.25, 0.3) is 0 Å². The molecule has 2 aromatic heterocycles. The van der Waals surface area contributed by atoms with Gasteiger partial charge in [0.1, 0.15) is 5.54 Å². The van der Waals surface area contributed by atoms with E-state index in [-0.39, 0.29) is 5.91 Å². The maximum absolute atomic E-state index is 12.5. The smallest absolute Gasteiger partial charge is 0.253 e. The predicted molar refractivity (Wildman–Crippen MR) is 78.6 cm³/mol. The van der Waals surface area contributed by atoms with Crippen molar-refractivity contribution in [2.75, 3.05) is 0 Å². The molecule has 110 valence electrons. The van der Waals surface area contributed by atoms with Crippen LogP contribution in [-0.4, -0.2) is 21.0 Å². The lowest BCUT2D eigenvalue weighted by atomic mass is 9.96. The number of carbonyl (C=O) groups excluding carboxylic acids is 1. The van der Waals surface area contributed by atoms with E-state index in [0.29, 0.717) is 17.3 Å². The number of rotatable bonds is 3. The van der Waals surface area contributed by atoms with Gasteiger partial charge in [0.25, 0.3) is 5.91 Å². The largest absolute Gasteiger partial charge is 0.340 e. The third-order valence-electron chi connectivity index (χ3n) is 3.73. The maximum Gasteiger partial charge on any atom is 0.253 e. The average molecular weight is 351 g/mol. The normalized spacial score (nSPS) is 16.9. The molecular weight excluding hydrogens is 336 g/mol. The standard InChI is InChI=1S/C14H15BrN4O2/c1-9-17-13(19-21-9)14(4-2-3-5-14)18-12(20)10-6-11(15)8-16-7-10/h6-8H,2-5H2,1H3,(H,18,20). The van der Waals surface area contributed by atoms with E-state index in [0.717, 1.165) is 30.2 Å². The summed E-state index contributed by atoms with van der Waals surface area (Å²) in [5.74, 6) is 0.900. The van der Waals surface area contributed by atoms with E-state index in [4.69, 9.17) is 4.52 Å². The number of aryl methyl sites for hydroxylation is 1. The van der Waals surface area contributed by atoms with Crippen molar-refractivity contribution in [1.82, 2.24) is 20.4 Å². The molecule has 0 aliphatic heterocycles. The van der Waals surface area contributed by atoms with Crippen molar-refractivity contribution in [3.05, 3.63) is 40.2 Å². The van der Waals surface area contributed by atoms with E-state index < -0.39 is 5.54 Å². The minimum absolute atomic E-state index is 0.173. The molecule has 0 unspecified atom stereocenters. The Bertz CT molecular complexity index is 664. The van der Waals surface area contributed by atoms with E-state index in [1.807, 2.05) is 0 Å². The van der Waals surface area contributed by atoms with E-state index in [1.54, 1.807) is 25.4 Å². The fraction of sp³-hybridized carbons (Fsp3) is 0.429. The molecule has 2 aromatic rings. The Morgan fingerprint density at radius 2 is 2.14 bits per heavy atom. The zero-order valence-corrected chi connectivity index (χ0v) is 13.2. The molecule has 0 bridgehead atoms. The van der Waals surface area contributed by atoms with E-state index in [9.17, 15) is 4.79 Å². The Balaban J connectivity index is 1.87. The van der Waals surface area contributed by atoms with Gasteiger partial charge in [0, 0.05) is 23.8 Å². The first-order chi connectivity index (χ1) is 10.1. The Morgan fingerprint density at radius 3 is 2.76 bits per heavy atom. The molecule has 6 nitrogen and oxygen atoms in total. The zero-order chi connectivity index (χ0) is 14.9. The highest BCUT2D eigenvalue weighted by Gasteiger charge is 2.41. The number of halogens is 1. The first kappa shape index (κ1) is 14.2. The summed E-state index contributed by atoms with van der Waals surface area (Å²) < 4.78 is 5.85. The summed E-state index contributed by atoms with van der Waals surface area (Å²) in [7, 11) is 0. The summed E-state index contributed by atoms with van der Waals surface area (Å²) in [6.07, 6.45) is 6.89. The fourth-order valence-electron chi connectivity index (χ4n) is 2.70. The summed E-state index contributed by atoms with van der Waals surface area (Å²) in [5.41, 5.74) is -0.0205. The molecule has 1 N–H and O–H groups in total. The van der Waals surface area contributed by atoms with Gasteiger partial charge in [-0.3, -0.25) is 9.78 Å². The first-order valence-electron chi connectivity index (χ1n) is 6.83. The van der Waals surface area contributed by atoms with Gasteiger partial charge in [0.05, 0.1) is 5.56 Å². The van der Waals surface area contributed by atoms with Gasteiger partial charge in [0.15, 0.2) is 5.82 Å². The molecule has 3 rings (SSSR count). The Kier molecular flexibility index (Phi) is 3.75. The second-order valence-electron chi connectivity index (χ2n) is 5.27. The van der Waals surface area contributed by atoms with Crippen LogP contribution >= 0.6 is 15.9 Å². The summed E-state index contributed by atoms with van der Waals surface area (Å²) in [4.78, 5) is 20.8. The minimum atomic E-state index is -0.531. The molecule has 1 aliphatic rings. The van der Waals surface area contributed by atoms with Crippen molar-refractivity contribution in [3.63, 3.8) is 0 Å². The molecule has 2 heterocycles. The Labute approximate surface area is 130 Å². The molecular formula is C14H15BrN4O2. The predicted octanol–water partition coefficient (Wildman–Crippen LogP) is 2.73. The molecule has 0 radical (unpaired) electrons. The van der Waals surface area contributed by atoms with Gasteiger partial charge < -0.3 is 9.84 Å². The van der Waals surface area contributed by atoms with Crippen molar-refractivity contribution in [2.45, 2.75) is 38.1 Å². The van der Waals surface area contributed by atoms with Crippen LogP contribution in [0.1, 0.15) is 47.8 Å². The third kappa shape index (κ3) is 2.83. The Morgan fingerprint density at radius 1 is 1.38 bits per heavy atom. The highest BCUT2D eigenvalue weighted by atomic mass is 79.9. The molecule has 1 fully saturated rings. The van der Waals surface area contributed by atoms with Crippen LogP contribution in [0.2, 0.25) is 0 Å².